The maximum Gasteiger partial charge on any atom is 0.103 e. The lowest BCUT2D eigenvalue weighted by Gasteiger charge is -2.28. The van der Waals surface area contributed by atoms with Gasteiger partial charge in [-0.15, -0.1) is 0 Å². The van der Waals surface area contributed by atoms with Crippen LogP contribution in [0.25, 0.3) is 0 Å². The topological polar surface area (TPSA) is 42.8 Å². The molecule has 0 spiro atoms. The third-order valence-corrected chi connectivity index (χ3v) is 2.63. The van der Waals surface area contributed by atoms with Crippen LogP contribution in [0.4, 0.5) is 0 Å². The lowest BCUT2D eigenvalue weighted by molar-refractivity contribution is 0.214. The van der Waals surface area contributed by atoms with Crippen molar-refractivity contribution in [1.82, 2.24) is 9.88 Å². The van der Waals surface area contributed by atoms with Crippen LogP contribution < -0.4 is 0 Å². The van der Waals surface area contributed by atoms with E-state index in [9.17, 15) is 0 Å². The number of H-pyrrole nitrogens is 1. The van der Waals surface area contributed by atoms with Gasteiger partial charge in [0.25, 0.3) is 0 Å². The number of nitriles is 1. The first-order valence-corrected chi connectivity index (χ1v) is 4.80. The number of likely N-dealkylation sites (N-methyl/N-ethyl adjacent to an activating group) is 1. The Bertz CT molecular complexity index is 306. The average molecular weight is 191 g/mol. The summed E-state index contributed by atoms with van der Waals surface area (Å²) in [4.78, 5) is 5.09. The van der Waals surface area contributed by atoms with E-state index in [4.69, 9.17) is 5.26 Å². The number of hydrogen-bond acceptors (Lipinski definition) is 2. The van der Waals surface area contributed by atoms with Gasteiger partial charge in [-0.2, -0.15) is 5.26 Å². The maximum absolute atomic E-state index is 8.92. The molecule has 3 heteroatoms. The maximum atomic E-state index is 8.92. The molecule has 0 saturated carbocycles. The van der Waals surface area contributed by atoms with Crippen molar-refractivity contribution in [3.63, 3.8) is 0 Å². The zero-order valence-electron chi connectivity index (χ0n) is 9.04. The Morgan fingerprint density at radius 1 is 1.57 bits per heavy atom. The minimum Gasteiger partial charge on any atom is -0.367 e. The lowest BCUT2D eigenvalue weighted by atomic mass is 10.1. The van der Waals surface area contributed by atoms with Gasteiger partial charge in [-0.05, 0) is 38.9 Å². The monoisotopic (exact) mass is 191 g/mol. The second-order valence-electron chi connectivity index (χ2n) is 4.06. The van der Waals surface area contributed by atoms with Gasteiger partial charge in [0.05, 0.1) is 6.07 Å². The molecule has 76 valence electrons. The molecular weight excluding hydrogens is 174 g/mol. The molecular formula is C11H17N3. The van der Waals surface area contributed by atoms with E-state index in [-0.39, 0.29) is 5.54 Å². The summed E-state index contributed by atoms with van der Waals surface area (Å²) < 4.78 is 0. The number of rotatable bonds is 4. The Labute approximate surface area is 85.3 Å². The van der Waals surface area contributed by atoms with E-state index in [1.54, 1.807) is 0 Å². The molecule has 1 rings (SSSR count). The number of nitrogens with zero attached hydrogens (tertiary/aromatic N) is 2. The Hall–Kier alpha value is -1.27. The second-order valence-corrected chi connectivity index (χ2v) is 4.06. The highest BCUT2D eigenvalue weighted by atomic mass is 15.2. The van der Waals surface area contributed by atoms with Gasteiger partial charge in [-0.3, -0.25) is 4.90 Å². The first kappa shape index (κ1) is 10.8. The standard InChI is InChI=1S/C11H17N3/c1-11(2,9-12)14(3)7-5-10-4-6-13-8-10/h4,6,8,13H,5,7H2,1-3H3. The molecule has 0 atom stereocenters. The van der Waals surface area contributed by atoms with Crippen molar-refractivity contribution in [1.29, 1.82) is 5.26 Å². The summed E-state index contributed by atoms with van der Waals surface area (Å²) in [5, 5.41) is 8.92. The first-order chi connectivity index (χ1) is 6.56. The molecule has 0 unspecified atom stereocenters. The molecule has 1 N–H and O–H groups in total. The van der Waals surface area contributed by atoms with Gasteiger partial charge >= 0.3 is 0 Å². The van der Waals surface area contributed by atoms with Crippen molar-refractivity contribution >= 4 is 0 Å². The Balaban J connectivity index is 2.43. The predicted molar refractivity (Wildman–Crippen MR) is 56.8 cm³/mol. The van der Waals surface area contributed by atoms with E-state index in [2.05, 4.69) is 22.0 Å². The molecule has 0 amide bonds. The highest BCUT2D eigenvalue weighted by Crippen LogP contribution is 2.11. The summed E-state index contributed by atoms with van der Waals surface area (Å²) in [5.74, 6) is 0. The fourth-order valence-corrected chi connectivity index (χ4v) is 1.18. The zero-order chi connectivity index (χ0) is 10.6. The molecule has 0 saturated heterocycles. The summed E-state index contributed by atoms with van der Waals surface area (Å²) in [6.07, 6.45) is 4.89. The van der Waals surface area contributed by atoms with Gasteiger partial charge in [0.15, 0.2) is 0 Å². The van der Waals surface area contributed by atoms with E-state index in [1.165, 1.54) is 5.56 Å². The van der Waals surface area contributed by atoms with Gasteiger partial charge in [0.2, 0.25) is 0 Å². The highest BCUT2D eigenvalue weighted by molar-refractivity contribution is 5.09. The van der Waals surface area contributed by atoms with E-state index in [1.807, 2.05) is 33.3 Å². The Kier molecular flexibility index (Phi) is 3.32. The quantitative estimate of drug-likeness (QED) is 0.788. The van der Waals surface area contributed by atoms with Crippen molar-refractivity contribution in [2.24, 2.45) is 0 Å². The van der Waals surface area contributed by atoms with Gasteiger partial charge in [-0.1, -0.05) is 0 Å². The molecule has 0 aliphatic carbocycles. The lowest BCUT2D eigenvalue weighted by Crippen LogP contribution is -2.40. The van der Waals surface area contributed by atoms with Gasteiger partial charge in [0.1, 0.15) is 5.54 Å². The molecule has 0 aromatic carbocycles. The van der Waals surface area contributed by atoms with Crippen molar-refractivity contribution in [2.45, 2.75) is 25.8 Å². The van der Waals surface area contributed by atoms with Crippen LogP contribution in [0.2, 0.25) is 0 Å². The number of aromatic amines is 1. The molecule has 0 aliphatic rings. The summed E-state index contributed by atoms with van der Waals surface area (Å²) >= 11 is 0. The predicted octanol–water partition coefficient (Wildman–Crippen LogP) is 1.79. The molecule has 1 aromatic heterocycles. The van der Waals surface area contributed by atoms with Gasteiger partial charge in [-0.25, -0.2) is 0 Å². The SMILES string of the molecule is CN(CCc1cc[nH]c1)C(C)(C)C#N. The van der Waals surface area contributed by atoms with Gasteiger partial charge in [0, 0.05) is 18.9 Å². The van der Waals surface area contributed by atoms with E-state index < -0.39 is 0 Å². The third kappa shape index (κ3) is 2.61. The number of hydrogen-bond donors (Lipinski definition) is 1. The minimum atomic E-state index is -0.379. The van der Waals surface area contributed by atoms with Crippen LogP contribution in [0.5, 0.6) is 0 Å². The molecule has 0 bridgehead atoms. The normalized spacial score (nSPS) is 11.6. The second kappa shape index (κ2) is 4.30. The molecule has 14 heavy (non-hydrogen) atoms. The van der Waals surface area contributed by atoms with Crippen molar-refractivity contribution in [3.05, 3.63) is 24.0 Å². The molecule has 1 aromatic rings. The van der Waals surface area contributed by atoms with Crippen LogP contribution >= 0.6 is 0 Å². The number of aromatic nitrogens is 1. The van der Waals surface area contributed by atoms with E-state index >= 15 is 0 Å². The Morgan fingerprint density at radius 3 is 2.79 bits per heavy atom. The first-order valence-electron chi connectivity index (χ1n) is 4.80. The third-order valence-electron chi connectivity index (χ3n) is 2.63. The van der Waals surface area contributed by atoms with E-state index in [0.29, 0.717) is 0 Å². The van der Waals surface area contributed by atoms with Crippen molar-refractivity contribution in [2.75, 3.05) is 13.6 Å². The summed E-state index contributed by atoms with van der Waals surface area (Å²) in [6, 6.07) is 4.35. The van der Waals surface area contributed by atoms with Crippen molar-refractivity contribution in [3.8, 4) is 6.07 Å². The summed E-state index contributed by atoms with van der Waals surface area (Å²) in [5.41, 5.74) is 0.904. The summed E-state index contributed by atoms with van der Waals surface area (Å²) in [7, 11) is 1.98. The van der Waals surface area contributed by atoms with Crippen LogP contribution in [0.15, 0.2) is 18.5 Å². The smallest absolute Gasteiger partial charge is 0.103 e. The minimum absolute atomic E-state index is 0.379. The van der Waals surface area contributed by atoms with Crippen LogP contribution in [0.1, 0.15) is 19.4 Å². The average Bonchev–Trinajstić information content (AvgIpc) is 2.66. The fourth-order valence-electron chi connectivity index (χ4n) is 1.18. The Morgan fingerprint density at radius 2 is 2.29 bits per heavy atom. The zero-order valence-corrected chi connectivity index (χ0v) is 9.04. The number of nitrogens with one attached hydrogen (secondary N) is 1. The van der Waals surface area contributed by atoms with Crippen molar-refractivity contribution < 1.29 is 0 Å². The molecule has 0 fully saturated rings. The molecule has 3 nitrogen and oxygen atoms in total. The van der Waals surface area contributed by atoms with Gasteiger partial charge < -0.3 is 4.98 Å². The van der Waals surface area contributed by atoms with E-state index in [0.717, 1.165) is 13.0 Å². The largest absolute Gasteiger partial charge is 0.367 e. The highest BCUT2D eigenvalue weighted by Gasteiger charge is 2.21. The fraction of sp³-hybridized carbons (Fsp3) is 0.545. The van der Waals surface area contributed by atoms with Crippen LogP contribution in [-0.4, -0.2) is 29.0 Å². The van der Waals surface area contributed by atoms with Crippen LogP contribution in [0, 0.1) is 11.3 Å². The summed E-state index contributed by atoms with van der Waals surface area (Å²) in [6.45, 7) is 4.77. The molecule has 0 aliphatic heterocycles. The molecule has 0 radical (unpaired) electrons. The van der Waals surface area contributed by atoms with Crippen LogP contribution in [-0.2, 0) is 6.42 Å². The van der Waals surface area contributed by atoms with Crippen LogP contribution in [0.3, 0.4) is 0 Å². The molecule has 1 heterocycles.